The van der Waals surface area contributed by atoms with Crippen LogP contribution in [-0.4, -0.2) is 45.7 Å². The van der Waals surface area contributed by atoms with Crippen molar-refractivity contribution in [1.29, 1.82) is 0 Å². The number of halogens is 2. The molecule has 7 heteroatoms. The van der Waals surface area contributed by atoms with Gasteiger partial charge >= 0.3 is 0 Å². The summed E-state index contributed by atoms with van der Waals surface area (Å²) in [5.74, 6) is 0.198. The summed E-state index contributed by atoms with van der Waals surface area (Å²) >= 11 is 6.06. The monoisotopic (exact) mass is 444 g/mol. The van der Waals surface area contributed by atoms with E-state index in [1.54, 1.807) is 17.0 Å². The van der Waals surface area contributed by atoms with Gasteiger partial charge in [0.25, 0.3) is 5.91 Å². The van der Waals surface area contributed by atoms with Gasteiger partial charge in [0.05, 0.1) is 6.54 Å². The van der Waals surface area contributed by atoms with Crippen molar-refractivity contribution in [3.05, 3.63) is 65.1 Å². The number of aromatic nitrogens is 1. The number of amides is 1. The molecule has 4 rings (SSSR count). The maximum Gasteiger partial charge on any atom is 0.270 e. The average Bonchev–Trinajstić information content (AvgIpc) is 3.13. The number of nitrogens with zero attached hydrogens (tertiary/aromatic N) is 1. The molecule has 1 aliphatic heterocycles. The van der Waals surface area contributed by atoms with Crippen molar-refractivity contribution < 1.29 is 19.0 Å². The molecule has 5 nitrogen and oxygen atoms in total. The van der Waals surface area contributed by atoms with Gasteiger partial charge in [-0.05, 0) is 67.3 Å². The highest BCUT2D eigenvalue weighted by Gasteiger charge is 2.45. The minimum atomic E-state index is -1.08. The topological polar surface area (TPSA) is 65.6 Å². The number of rotatable bonds is 5. The van der Waals surface area contributed by atoms with Crippen LogP contribution in [0, 0.1) is 11.7 Å². The summed E-state index contributed by atoms with van der Waals surface area (Å²) in [6.45, 7) is 4.73. The maximum atomic E-state index is 13.3. The molecule has 0 aliphatic carbocycles. The second kappa shape index (κ2) is 8.52. The van der Waals surface area contributed by atoms with Crippen LogP contribution in [0.1, 0.15) is 37.2 Å². The standard InChI is InChI=1S/C24H26ClFN2O3/c1-15(2)13-24(30)9-10-28(14-22(24)31-19-6-4-18(26)5-7-19)23(29)21-12-16-11-17(25)3-8-20(16)27-21/h3-8,11-12,15,22,27,30H,9-10,13-14H2,1-2H3/t22-,24+/m0/s1. The zero-order valence-electron chi connectivity index (χ0n) is 17.6. The maximum absolute atomic E-state index is 13.3. The summed E-state index contributed by atoms with van der Waals surface area (Å²) in [5, 5.41) is 12.8. The van der Waals surface area contributed by atoms with Gasteiger partial charge in [0, 0.05) is 22.5 Å². The van der Waals surface area contributed by atoms with E-state index in [1.807, 2.05) is 26.0 Å². The molecule has 3 aromatic rings. The summed E-state index contributed by atoms with van der Waals surface area (Å²) in [6, 6.07) is 12.9. The molecule has 31 heavy (non-hydrogen) atoms. The van der Waals surface area contributed by atoms with Crippen molar-refractivity contribution in [2.75, 3.05) is 13.1 Å². The van der Waals surface area contributed by atoms with E-state index in [4.69, 9.17) is 16.3 Å². The zero-order valence-corrected chi connectivity index (χ0v) is 18.3. The molecule has 2 heterocycles. The molecular formula is C24H26ClFN2O3. The quantitative estimate of drug-likeness (QED) is 0.580. The summed E-state index contributed by atoms with van der Waals surface area (Å²) < 4.78 is 19.4. The van der Waals surface area contributed by atoms with E-state index < -0.39 is 11.7 Å². The van der Waals surface area contributed by atoms with Gasteiger partial charge in [0.2, 0.25) is 0 Å². The molecule has 0 radical (unpaired) electrons. The number of aromatic amines is 1. The minimum Gasteiger partial charge on any atom is -0.486 e. The Morgan fingerprint density at radius 2 is 2.03 bits per heavy atom. The van der Waals surface area contributed by atoms with E-state index in [1.165, 1.54) is 24.3 Å². The fraction of sp³-hybridized carbons (Fsp3) is 0.375. The molecule has 2 atom stereocenters. The van der Waals surface area contributed by atoms with Crippen molar-refractivity contribution in [1.82, 2.24) is 9.88 Å². The Morgan fingerprint density at radius 1 is 1.29 bits per heavy atom. The van der Waals surface area contributed by atoms with Crippen LogP contribution in [0.4, 0.5) is 4.39 Å². The van der Waals surface area contributed by atoms with Gasteiger partial charge in [0.15, 0.2) is 0 Å². The van der Waals surface area contributed by atoms with E-state index >= 15 is 0 Å². The van der Waals surface area contributed by atoms with E-state index in [0.717, 1.165) is 10.9 Å². The fourth-order valence-electron chi connectivity index (χ4n) is 4.29. The lowest BCUT2D eigenvalue weighted by Crippen LogP contribution is -2.59. The smallest absolute Gasteiger partial charge is 0.270 e. The first-order valence-electron chi connectivity index (χ1n) is 10.5. The van der Waals surface area contributed by atoms with Crippen LogP contribution in [0.25, 0.3) is 10.9 Å². The third kappa shape index (κ3) is 4.70. The van der Waals surface area contributed by atoms with Gasteiger partial charge in [-0.2, -0.15) is 0 Å². The number of nitrogens with one attached hydrogen (secondary N) is 1. The van der Waals surface area contributed by atoms with Crippen LogP contribution < -0.4 is 4.74 Å². The second-order valence-corrected chi connectivity index (χ2v) is 9.11. The Hall–Kier alpha value is -2.57. The first kappa shape index (κ1) is 21.7. The number of carbonyl (C=O) groups is 1. The lowest BCUT2D eigenvalue weighted by atomic mass is 9.81. The lowest BCUT2D eigenvalue weighted by Gasteiger charge is -2.45. The highest BCUT2D eigenvalue weighted by Crippen LogP contribution is 2.33. The number of benzene rings is 2. The predicted octanol–water partition coefficient (Wildman–Crippen LogP) is 5.03. The summed E-state index contributed by atoms with van der Waals surface area (Å²) in [6.07, 6.45) is 0.317. The van der Waals surface area contributed by atoms with E-state index in [0.29, 0.717) is 35.9 Å². The SMILES string of the molecule is CC(C)C[C@]1(O)CCN(C(=O)c2cc3cc(Cl)ccc3[nH]2)C[C@@H]1Oc1ccc(F)cc1. The molecule has 1 aliphatic rings. The average molecular weight is 445 g/mol. The molecule has 0 bridgehead atoms. The van der Waals surface area contributed by atoms with Crippen LogP contribution in [0.5, 0.6) is 5.75 Å². The first-order valence-corrected chi connectivity index (χ1v) is 10.8. The van der Waals surface area contributed by atoms with E-state index in [2.05, 4.69) is 4.98 Å². The Labute approximate surface area is 185 Å². The van der Waals surface area contributed by atoms with Crippen LogP contribution in [0.2, 0.25) is 5.02 Å². The number of fused-ring (bicyclic) bond motifs is 1. The lowest BCUT2D eigenvalue weighted by molar-refractivity contribution is -0.111. The van der Waals surface area contributed by atoms with Gasteiger partial charge < -0.3 is 19.7 Å². The fourth-order valence-corrected chi connectivity index (χ4v) is 4.47. The third-order valence-electron chi connectivity index (χ3n) is 5.75. The van der Waals surface area contributed by atoms with Crippen molar-refractivity contribution in [2.45, 2.75) is 38.4 Å². The molecule has 2 N–H and O–H groups in total. The van der Waals surface area contributed by atoms with Gasteiger partial charge in [-0.3, -0.25) is 4.79 Å². The second-order valence-electron chi connectivity index (χ2n) is 8.68. The Kier molecular flexibility index (Phi) is 5.95. The van der Waals surface area contributed by atoms with Crippen molar-refractivity contribution >= 4 is 28.4 Å². The number of aliphatic hydroxyl groups is 1. The van der Waals surface area contributed by atoms with Crippen molar-refractivity contribution in [3.8, 4) is 5.75 Å². The molecule has 1 aromatic heterocycles. The molecule has 164 valence electrons. The van der Waals surface area contributed by atoms with Crippen LogP contribution in [0.15, 0.2) is 48.5 Å². The van der Waals surface area contributed by atoms with Gasteiger partial charge in [-0.15, -0.1) is 0 Å². The molecule has 1 fully saturated rings. The van der Waals surface area contributed by atoms with Gasteiger partial charge in [-0.1, -0.05) is 25.4 Å². The summed E-state index contributed by atoms with van der Waals surface area (Å²) in [7, 11) is 0. The van der Waals surface area contributed by atoms with E-state index in [9.17, 15) is 14.3 Å². The minimum absolute atomic E-state index is 0.161. The van der Waals surface area contributed by atoms with Crippen LogP contribution in [-0.2, 0) is 0 Å². The molecule has 2 aromatic carbocycles. The zero-order chi connectivity index (χ0) is 22.2. The first-order chi connectivity index (χ1) is 14.7. The van der Waals surface area contributed by atoms with Crippen LogP contribution in [0.3, 0.4) is 0 Å². The van der Waals surface area contributed by atoms with Crippen molar-refractivity contribution in [2.24, 2.45) is 5.92 Å². The Morgan fingerprint density at radius 3 is 2.74 bits per heavy atom. The Bertz CT molecular complexity index is 1080. The summed E-state index contributed by atoms with van der Waals surface area (Å²) in [4.78, 5) is 18.0. The third-order valence-corrected chi connectivity index (χ3v) is 5.99. The predicted molar refractivity (Wildman–Crippen MR) is 119 cm³/mol. The van der Waals surface area contributed by atoms with Gasteiger partial charge in [0.1, 0.15) is 29.0 Å². The normalized spacial score (nSPS) is 21.6. The molecule has 0 saturated carbocycles. The molecular weight excluding hydrogens is 419 g/mol. The molecule has 0 unspecified atom stereocenters. The number of H-pyrrole nitrogens is 1. The number of carbonyl (C=O) groups excluding carboxylic acids is 1. The van der Waals surface area contributed by atoms with Crippen LogP contribution >= 0.6 is 11.6 Å². The largest absolute Gasteiger partial charge is 0.486 e. The van der Waals surface area contributed by atoms with E-state index in [-0.39, 0.29) is 24.2 Å². The number of hydrogen-bond donors (Lipinski definition) is 2. The number of piperidine rings is 1. The highest BCUT2D eigenvalue weighted by molar-refractivity contribution is 6.31. The molecule has 1 saturated heterocycles. The summed E-state index contributed by atoms with van der Waals surface area (Å²) in [5.41, 5.74) is 0.222. The highest BCUT2D eigenvalue weighted by atomic mass is 35.5. The van der Waals surface area contributed by atoms with Crippen molar-refractivity contribution in [3.63, 3.8) is 0 Å². The number of ether oxygens (including phenoxy) is 1. The molecule has 0 spiro atoms. The Balaban J connectivity index is 1.57. The molecule has 1 amide bonds. The number of likely N-dealkylation sites (tertiary alicyclic amines) is 1. The number of hydrogen-bond acceptors (Lipinski definition) is 3. The van der Waals surface area contributed by atoms with Gasteiger partial charge in [-0.25, -0.2) is 4.39 Å².